The van der Waals surface area contributed by atoms with Gasteiger partial charge in [0.25, 0.3) is 5.91 Å². The smallest absolute Gasteiger partial charge is 0.270 e. The quantitative estimate of drug-likeness (QED) is 0.505. The Morgan fingerprint density at radius 2 is 1.90 bits per heavy atom. The number of rotatable bonds is 9. The third-order valence-electron chi connectivity index (χ3n) is 4.54. The number of pyridine rings is 1. The molecule has 0 radical (unpaired) electrons. The molecule has 2 heterocycles. The zero-order valence-electron chi connectivity index (χ0n) is 16.6. The van der Waals surface area contributed by atoms with E-state index in [2.05, 4.69) is 53.4 Å². The number of carbonyl (C=O) groups excluding carboxylic acids is 1. The molecule has 1 aromatic carbocycles. The van der Waals surface area contributed by atoms with E-state index in [1.54, 1.807) is 6.07 Å². The van der Waals surface area contributed by atoms with Crippen molar-refractivity contribution in [2.75, 3.05) is 5.32 Å². The zero-order chi connectivity index (χ0) is 20.8. The molecule has 0 aliphatic rings. The number of halogens is 1. The van der Waals surface area contributed by atoms with Crippen molar-refractivity contribution in [1.29, 1.82) is 0 Å². The molecule has 0 spiro atoms. The lowest BCUT2D eigenvalue weighted by Crippen LogP contribution is -2.14. The van der Waals surface area contributed by atoms with Crippen LogP contribution in [0.25, 0.3) is 0 Å². The van der Waals surface area contributed by atoms with Crippen LogP contribution in [0.3, 0.4) is 0 Å². The van der Waals surface area contributed by atoms with E-state index in [1.165, 1.54) is 35.6 Å². The van der Waals surface area contributed by atoms with Crippen LogP contribution in [0.4, 0.5) is 9.39 Å². The molecule has 1 amide bonds. The Labute approximate surface area is 174 Å². The summed E-state index contributed by atoms with van der Waals surface area (Å²) in [5, 5.41) is 4.59. The zero-order valence-corrected chi connectivity index (χ0v) is 17.4. The van der Waals surface area contributed by atoms with E-state index in [4.69, 9.17) is 5.73 Å². The number of aromatic nitrogens is 2. The number of amides is 1. The van der Waals surface area contributed by atoms with Gasteiger partial charge in [-0.05, 0) is 47.6 Å². The second kappa shape index (κ2) is 9.60. The lowest BCUT2D eigenvalue weighted by molar-refractivity contribution is 0.0997. The SMILES string of the molecule is CC(C)CCc1ccc(CNc2sc(Cc3ccnc(F)c3)nc2C(N)=O)cc1. The van der Waals surface area contributed by atoms with Crippen LogP contribution in [0, 0.1) is 11.9 Å². The summed E-state index contributed by atoms with van der Waals surface area (Å²) in [5.74, 6) is -0.433. The number of aryl methyl sites for hydroxylation is 1. The van der Waals surface area contributed by atoms with E-state index < -0.39 is 11.9 Å². The highest BCUT2D eigenvalue weighted by molar-refractivity contribution is 7.16. The third kappa shape index (κ3) is 6.09. The summed E-state index contributed by atoms with van der Waals surface area (Å²) in [6.07, 6.45) is 4.07. The van der Waals surface area contributed by atoms with E-state index in [1.807, 2.05) is 0 Å². The van der Waals surface area contributed by atoms with Gasteiger partial charge in [-0.25, -0.2) is 9.97 Å². The summed E-state index contributed by atoms with van der Waals surface area (Å²) in [7, 11) is 0. The first-order valence-electron chi connectivity index (χ1n) is 9.62. The van der Waals surface area contributed by atoms with Crippen molar-refractivity contribution >= 4 is 22.2 Å². The van der Waals surface area contributed by atoms with Gasteiger partial charge in [0.15, 0.2) is 5.69 Å². The Morgan fingerprint density at radius 1 is 1.17 bits per heavy atom. The molecule has 3 rings (SSSR count). The van der Waals surface area contributed by atoms with Crippen LogP contribution in [0.1, 0.15) is 52.5 Å². The predicted molar refractivity (Wildman–Crippen MR) is 115 cm³/mol. The molecule has 0 unspecified atom stereocenters. The van der Waals surface area contributed by atoms with Gasteiger partial charge in [-0.1, -0.05) is 38.1 Å². The van der Waals surface area contributed by atoms with Crippen LogP contribution in [-0.2, 0) is 19.4 Å². The van der Waals surface area contributed by atoms with E-state index in [9.17, 15) is 9.18 Å². The van der Waals surface area contributed by atoms with Crippen molar-refractivity contribution in [2.24, 2.45) is 11.7 Å². The van der Waals surface area contributed by atoms with Crippen LogP contribution in [-0.4, -0.2) is 15.9 Å². The maximum Gasteiger partial charge on any atom is 0.270 e. The van der Waals surface area contributed by atoms with Crippen molar-refractivity contribution in [3.05, 3.63) is 75.9 Å². The van der Waals surface area contributed by atoms with Crippen molar-refractivity contribution in [1.82, 2.24) is 9.97 Å². The monoisotopic (exact) mass is 412 g/mol. The third-order valence-corrected chi connectivity index (χ3v) is 5.55. The van der Waals surface area contributed by atoms with Gasteiger partial charge in [0, 0.05) is 19.2 Å². The van der Waals surface area contributed by atoms with E-state index in [0.717, 1.165) is 17.5 Å². The molecule has 0 atom stereocenters. The van der Waals surface area contributed by atoms with E-state index in [-0.39, 0.29) is 5.69 Å². The summed E-state index contributed by atoms with van der Waals surface area (Å²) in [6, 6.07) is 11.6. The van der Waals surface area contributed by atoms with E-state index in [0.29, 0.717) is 28.9 Å². The van der Waals surface area contributed by atoms with Gasteiger partial charge >= 0.3 is 0 Å². The summed E-state index contributed by atoms with van der Waals surface area (Å²) in [6.45, 7) is 5.02. The number of nitrogens with zero attached hydrogens (tertiary/aromatic N) is 2. The van der Waals surface area contributed by atoms with E-state index >= 15 is 0 Å². The van der Waals surface area contributed by atoms with Crippen LogP contribution >= 0.6 is 11.3 Å². The van der Waals surface area contributed by atoms with Gasteiger partial charge in [0.1, 0.15) is 5.00 Å². The Bertz CT molecular complexity index is 969. The van der Waals surface area contributed by atoms with Crippen molar-refractivity contribution < 1.29 is 9.18 Å². The highest BCUT2D eigenvalue weighted by atomic mass is 32.1. The van der Waals surface area contributed by atoms with Gasteiger partial charge in [0.05, 0.1) is 5.01 Å². The molecular formula is C22H25FN4OS. The van der Waals surface area contributed by atoms with Crippen molar-refractivity contribution in [3.63, 3.8) is 0 Å². The number of thiazole rings is 1. The van der Waals surface area contributed by atoms with Crippen LogP contribution in [0.5, 0.6) is 0 Å². The first-order chi connectivity index (χ1) is 13.9. The van der Waals surface area contributed by atoms with Crippen molar-refractivity contribution in [2.45, 2.75) is 39.7 Å². The molecule has 7 heteroatoms. The number of carbonyl (C=O) groups is 1. The Morgan fingerprint density at radius 3 is 2.55 bits per heavy atom. The molecule has 152 valence electrons. The van der Waals surface area contributed by atoms with Crippen molar-refractivity contribution in [3.8, 4) is 0 Å². The molecule has 2 aromatic heterocycles. The van der Waals surface area contributed by atoms with Crippen LogP contribution < -0.4 is 11.1 Å². The Hall–Kier alpha value is -2.80. The standard InChI is InChI=1S/C22H25FN4OS/c1-14(2)3-4-15-5-7-16(8-6-15)13-26-22-20(21(24)28)27-19(29-22)12-17-9-10-25-18(23)11-17/h5-11,14,26H,3-4,12-13H2,1-2H3,(H2,24,28). The molecule has 0 saturated heterocycles. The molecule has 0 saturated carbocycles. The number of nitrogens with one attached hydrogen (secondary N) is 1. The Balaban J connectivity index is 1.66. The molecule has 5 nitrogen and oxygen atoms in total. The number of primary amides is 1. The average Bonchev–Trinajstić information content (AvgIpc) is 3.08. The predicted octanol–water partition coefficient (Wildman–Crippen LogP) is 4.57. The van der Waals surface area contributed by atoms with Gasteiger partial charge in [0.2, 0.25) is 5.95 Å². The molecule has 29 heavy (non-hydrogen) atoms. The number of nitrogens with two attached hydrogens (primary N) is 1. The van der Waals surface area contributed by atoms with Gasteiger partial charge in [-0.2, -0.15) is 4.39 Å². The first kappa shape index (κ1) is 20.9. The highest BCUT2D eigenvalue weighted by Crippen LogP contribution is 2.27. The Kier molecular flexibility index (Phi) is 6.93. The molecular weight excluding hydrogens is 387 g/mol. The summed E-state index contributed by atoms with van der Waals surface area (Å²) < 4.78 is 13.3. The highest BCUT2D eigenvalue weighted by Gasteiger charge is 2.16. The second-order valence-corrected chi connectivity index (χ2v) is 8.50. The normalized spacial score (nSPS) is 11.0. The number of hydrogen-bond donors (Lipinski definition) is 2. The largest absolute Gasteiger partial charge is 0.371 e. The fourth-order valence-corrected chi connectivity index (χ4v) is 3.91. The maximum absolute atomic E-state index is 13.3. The minimum Gasteiger partial charge on any atom is -0.371 e. The summed E-state index contributed by atoms with van der Waals surface area (Å²) >= 11 is 1.36. The minimum atomic E-state index is -0.583. The lowest BCUT2D eigenvalue weighted by atomic mass is 10.0. The fourth-order valence-electron chi connectivity index (χ4n) is 2.92. The van der Waals surface area contributed by atoms with Gasteiger partial charge in [-0.3, -0.25) is 4.79 Å². The summed E-state index contributed by atoms with van der Waals surface area (Å²) in [5.41, 5.74) is 8.88. The number of benzene rings is 1. The fraction of sp³-hybridized carbons (Fsp3) is 0.318. The van der Waals surface area contributed by atoms with Crippen LogP contribution in [0.15, 0.2) is 42.6 Å². The molecule has 0 bridgehead atoms. The molecule has 0 fully saturated rings. The van der Waals surface area contributed by atoms with Crippen LogP contribution in [0.2, 0.25) is 0 Å². The molecule has 0 aliphatic heterocycles. The minimum absolute atomic E-state index is 0.216. The average molecular weight is 413 g/mol. The summed E-state index contributed by atoms with van der Waals surface area (Å²) in [4.78, 5) is 19.7. The number of anilines is 1. The maximum atomic E-state index is 13.3. The lowest BCUT2D eigenvalue weighted by Gasteiger charge is -2.08. The first-order valence-corrected chi connectivity index (χ1v) is 10.4. The topological polar surface area (TPSA) is 80.9 Å². The van der Waals surface area contributed by atoms with Gasteiger partial charge < -0.3 is 11.1 Å². The molecule has 3 aromatic rings. The number of hydrogen-bond acceptors (Lipinski definition) is 5. The second-order valence-electron chi connectivity index (χ2n) is 7.42. The molecule has 0 aliphatic carbocycles. The molecule has 3 N–H and O–H groups in total. The van der Waals surface area contributed by atoms with Gasteiger partial charge in [-0.15, -0.1) is 11.3 Å².